The lowest BCUT2D eigenvalue weighted by Crippen LogP contribution is -2.40. The van der Waals surface area contributed by atoms with Gasteiger partial charge in [0.05, 0.1) is 19.8 Å². The predicted molar refractivity (Wildman–Crippen MR) is 111 cm³/mol. The number of rotatable bonds is 12. The Balaban J connectivity index is 0.00000625. The number of hydrogen-bond acceptors (Lipinski definition) is 3. The molecule has 8 heteroatoms. The van der Waals surface area contributed by atoms with Crippen molar-refractivity contribution in [3.8, 4) is 0 Å². The van der Waals surface area contributed by atoms with Crippen molar-refractivity contribution in [2.45, 2.75) is 26.2 Å². The summed E-state index contributed by atoms with van der Waals surface area (Å²) >= 11 is 0. The molecule has 0 amide bonds. The Morgan fingerprint density at radius 1 is 1.04 bits per heavy atom. The van der Waals surface area contributed by atoms with Gasteiger partial charge in [-0.25, -0.2) is 8.78 Å². The summed E-state index contributed by atoms with van der Waals surface area (Å²) in [5, 5.41) is 6.16. The first-order valence-corrected chi connectivity index (χ1v) is 8.71. The minimum Gasteiger partial charge on any atom is -0.379 e. The van der Waals surface area contributed by atoms with Gasteiger partial charge in [0, 0.05) is 26.7 Å². The van der Waals surface area contributed by atoms with Gasteiger partial charge in [0.2, 0.25) is 0 Å². The Morgan fingerprint density at radius 3 is 2.42 bits per heavy atom. The van der Waals surface area contributed by atoms with Gasteiger partial charge in [0.15, 0.2) is 5.96 Å². The molecule has 1 aromatic carbocycles. The van der Waals surface area contributed by atoms with Crippen molar-refractivity contribution in [1.29, 1.82) is 0 Å². The van der Waals surface area contributed by atoms with Crippen molar-refractivity contribution in [2.75, 3.05) is 46.6 Å². The molecule has 0 unspecified atom stereocenters. The number of hydrogen-bond donors (Lipinski definition) is 2. The van der Waals surface area contributed by atoms with Crippen LogP contribution in [0.25, 0.3) is 0 Å². The third-order valence-electron chi connectivity index (χ3n) is 3.47. The Hall–Kier alpha value is -1.00. The van der Waals surface area contributed by atoms with Gasteiger partial charge in [-0.05, 0) is 36.6 Å². The van der Waals surface area contributed by atoms with Crippen LogP contribution in [0.4, 0.5) is 8.78 Å². The van der Waals surface area contributed by atoms with Crippen LogP contribution in [-0.2, 0) is 15.9 Å². The SMILES string of the molecule is CCCCOCCOCCNC(=NC)NCCc1cc(F)ccc1F.I. The van der Waals surface area contributed by atoms with E-state index in [-0.39, 0.29) is 24.0 Å². The summed E-state index contributed by atoms with van der Waals surface area (Å²) in [6.07, 6.45) is 2.57. The highest BCUT2D eigenvalue weighted by molar-refractivity contribution is 14.0. The highest BCUT2D eigenvalue weighted by Gasteiger charge is 2.04. The number of halogens is 3. The number of nitrogens with zero attached hydrogens (tertiary/aromatic N) is 1. The molecule has 0 aliphatic rings. The largest absolute Gasteiger partial charge is 0.379 e. The van der Waals surface area contributed by atoms with Crippen LogP contribution in [-0.4, -0.2) is 52.5 Å². The topological polar surface area (TPSA) is 54.9 Å². The number of unbranched alkanes of at least 4 members (excludes halogenated alkanes) is 1. The molecule has 2 N–H and O–H groups in total. The molecule has 0 saturated carbocycles. The third kappa shape index (κ3) is 11.6. The van der Waals surface area contributed by atoms with Crippen LogP contribution in [0.2, 0.25) is 0 Å². The number of benzene rings is 1. The van der Waals surface area contributed by atoms with E-state index in [0.717, 1.165) is 31.6 Å². The van der Waals surface area contributed by atoms with E-state index < -0.39 is 11.6 Å². The molecular formula is C18H30F2IN3O2. The smallest absolute Gasteiger partial charge is 0.191 e. The summed E-state index contributed by atoms with van der Waals surface area (Å²) < 4.78 is 37.5. The highest BCUT2D eigenvalue weighted by atomic mass is 127. The molecule has 1 rings (SSSR count). The molecule has 0 fully saturated rings. The van der Waals surface area contributed by atoms with Crippen molar-refractivity contribution in [2.24, 2.45) is 4.99 Å². The van der Waals surface area contributed by atoms with Crippen LogP contribution in [0, 0.1) is 11.6 Å². The standard InChI is InChI=1S/C18H29F2N3O2.HI/c1-3-4-10-24-12-13-25-11-9-23-18(21-2)22-8-7-15-14-16(19)5-6-17(15)20;/h5-6,14H,3-4,7-13H2,1-2H3,(H2,21,22,23);1H. The maximum Gasteiger partial charge on any atom is 0.191 e. The summed E-state index contributed by atoms with van der Waals surface area (Å²) in [6.45, 7) is 5.66. The van der Waals surface area contributed by atoms with Crippen molar-refractivity contribution < 1.29 is 18.3 Å². The van der Waals surface area contributed by atoms with E-state index in [4.69, 9.17) is 9.47 Å². The second-order valence-electron chi connectivity index (χ2n) is 5.49. The Bertz CT molecular complexity index is 519. The lowest BCUT2D eigenvalue weighted by molar-refractivity contribution is 0.0487. The lowest BCUT2D eigenvalue weighted by atomic mass is 10.1. The normalized spacial score (nSPS) is 11.2. The summed E-state index contributed by atoms with van der Waals surface area (Å²) in [7, 11) is 1.65. The molecule has 0 atom stereocenters. The minimum atomic E-state index is -0.435. The molecule has 0 aliphatic carbocycles. The Morgan fingerprint density at radius 2 is 1.73 bits per heavy atom. The van der Waals surface area contributed by atoms with E-state index in [9.17, 15) is 8.78 Å². The molecule has 5 nitrogen and oxygen atoms in total. The van der Waals surface area contributed by atoms with Gasteiger partial charge in [-0.3, -0.25) is 4.99 Å². The molecule has 0 spiro atoms. The molecule has 0 aromatic heterocycles. The zero-order valence-electron chi connectivity index (χ0n) is 15.5. The third-order valence-corrected chi connectivity index (χ3v) is 3.47. The van der Waals surface area contributed by atoms with Crippen molar-refractivity contribution >= 4 is 29.9 Å². The first-order valence-electron chi connectivity index (χ1n) is 8.71. The first-order chi connectivity index (χ1) is 12.2. The van der Waals surface area contributed by atoms with Gasteiger partial charge in [0.25, 0.3) is 0 Å². The fourth-order valence-electron chi connectivity index (χ4n) is 2.08. The zero-order valence-corrected chi connectivity index (χ0v) is 17.9. The molecule has 1 aromatic rings. The average Bonchev–Trinajstić information content (AvgIpc) is 2.61. The maximum absolute atomic E-state index is 13.5. The summed E-state index contributed by atoms with van der Waals surface area (Å²) in [4.78, 5) is 4.07. The average molecular weight is 485 g/mol. The summed E-state index contributed by atoms with van der Waals surface area (Å²) in [6, 6.07) is 3.46. The Labute approximate surface area is 172 Å². The first kappa shape index (κ1) is 25.0. The fraction of sp³-hybridized carbons (Fsp3) is 0.611. The van der Waals surface area contributed by atoms with E-state index in [0.29, 0.717) is 50.9 Å². The van der Waals surface area contributed by atoms with Gasteiger partial charge in [-0.1, -0.05) is 13.3 Å². The number of ether oxygens (including phenoxy) is 2. The number of nitrogens with one attached hydrogen (secondary N) is 2. The molecule has 150 valence electrons. The van der Waals surface area contributed by atoms with E-state index in [1.54, 1.807) is 7.05 Å². The zero-order chi connectivity index (χ0) is 18.3. The van der Waals surface area contributed by atoms with Gasteiger partial charge in [-0.15, -0.1) is 24.0 Å². The van der Waals surface area contributed by atoms with Crippen molar-refractivity contribution in [3.05, 3.63) is 35.4 Å². The molecule has 0 bridgehead atoms. The fourth-order valence-corrected chi connectivity index (χ4v) is 2.08. The molecule has 0 aliphatic heterocycles. The Kier molecular flexibility index (Phi) is 15.6. The summed E-state index contributed by atoms with van der Waals surface area (Å²) in [5.74, 6) is -0.241. The van der Waals surface area contributed by atoms with Crippen LogP contribution < -0.4 is 10.6 Å². The van der Waals surface area contributed by atoms with Gasteiger partial charge in [0.1, 0.15) is 11.6 Å². The molecule has 0 radical (unpaired) electrons. The van der Waals surface area contributed by atoms with E-state index in [2.05, 4.69) is 22.5 Å². The van der Waals surface area contributed by atoms with Crippen molar-refractivity contribution in [3.63, 3.8) is 0 Å². The second kappa shape index (κ2) is 16.2. The minimum absolute atomic E-state index is 0. The van der Waals surface area contributed by atoms with E-state index >= 15 is 0 Å². The summed E-state index contributed by atoms with van der Waals surface area (Å²) in [5.41, 5.74) is 0.342. The molecule has 0 saturated heterocycles. The highest BCUT2D eigenvalue weighted by Crippen LogP contribution is 2.09. The number of guanidine groups is 1. The number of aliphatic imine (C=N–C) groups is 1. The molecule has 26 heavy (non-hydrogen) atoms. The van der Waals surface area contributed by atoms with Gasteiger partial charge < -0.3 is 20.1 Å². The quantitative estimate of drug-likeness (QED) is 0.207. The molecular weight excluding hydrogens is 455 g/mol. The van der Waals surface area contributed by atoms with E-state index in [1.165, 1.54) is 6.07 Å². The second-order valence-corrected chi connectivity index (χ2v) is 5.49. The van der Waals surface area contributed by atoms with Crippen LogP contribution in [0.1, 0.15) is 25.3 Å². The van der Waals surface area contributed by atoms with Crippen LogP contribution >= 0.6 is 24.0 Å². The molecule has 0 heterocycles. The van der Waals surface area contributed by atoms with Gasteiger partial charge >= 0.3 is 0 Å². The van der Waals surface area contributed by atoms with Crippen LogP contribution in [0.15, 0.2) is 23.2 Å². The van der Waals surface area contributed by atoms with Crippen LogP contribution in [0.3, 0.4) is 0 Å². The maximum atomic E-state index is 13.5. The lowest BCUT2D eigenvalue weighted by Gasteiger charge is -2.12. The monoisotopic (exact) mass is 485 g/mol. The van der Waals surface area contributed by atoms with E-state index in [1.807, 2.05) is 0 Å². The van der Waals surface area contributed by atoms with Crippen LogP contribution in [0.5, 0.6) is 0 Å². The van der Waals surface area contributed by atoms with Gasteiger partial charge in [-0.2, -0.15) is 0 Å². The predicted octanol–water partition coefficient (Wildman–Crippen LogP) is 3.12. The van der Waals surface area contributed by atoms with Crippen molar-refractivity contribution in [1.82, 2.24) is 10.6 Å².